The van der Waals surface area contributed by atoms with Crippen LogP contribution in [0.3, 0.4) is 0 Å². The predicted molar refractivity (Wildman–Crippen MR) is 129 cm³/mol. The van der Waals surface area contributed by atoms with Gasteiger partial charge in [-0.1, -0.05) is 54.4 Å². The van der Waals surface area contributed by atoms with Crippen LogP contribution in [0.1, 0.15) is 48.8 Å². The number of fused-ring (bicyclic) bond motifs is 1. The lowest BCUT2D eigenvalue weighted by atomic mass is 9.87. The summed E-state index contributed by atoms with van der Waals surface area (Å²) >= 11 is 12.5. The second-order valence-electron chi connectivity index (χ2n) is 8.27. The van der Waals surface area contributed by atoms with E-state index in [0.29, 0.717) is 23.0 Å². The minimum atomic E-state index is -0.109. The highest BCUT2D eigenvalue weighted by molar-refractivity contribution is 6.42. The molecule has 4 rings (SSSR count). The van der Waals surface area contributed by atoms with Crippen LogP contribution in [-0.4, -0.2) is 42.0 Å². The third-order valence-corrected chi connectivity index (χ3v) is 7.01. The van der Waals surface area contributed by atoms with Gasteiger partial charge in [-0.15, -0.1) is 0 Å². The van der Waals surface area contributed by atoms with E-state index in [9.17, 15) is 4.79 Å². The number of para-hydroxylation sites is 1. The van der Waals surface area contributed by atoms with Crippen molar-refractivity contribution < 1.29 is 4.79 Å². The zero-order valence-corrected chi connectivity index (χ0v) is 19.4. The lowest BCUT2D eigenvalue weighted by Crippen LogP contribution is -2.34. The quantitative estimate of drug-likeness (QED) is 0.450. The predicted octanol–water partition coefficient (Wildman–Crippen LogP) is 5.77. The minimum absolute atomic E-state index is 0.0521. The molecule has 1 fully saturated rings. The van der Waals surface area contributed by atoms with Crippen LogP contribution in [0.15, 0.2) is 42.6 Å². The molecule has 2 heterocycles. The summed E-state index contributed by atoms with van der Waals surface area (Å²) in [5, 5.41) is 5.30. The Balaban J connectivity index is 1.59. The number of hydrogen-bond acceptors (Lipinski definition) is 2. The van der Waals surface area contributed by atoms with E-state index in [-0.39, 0.29) is 11.8 Å². The van der Waals surface area contributed by atoms with E-state index in [1.165, 1.54) is 18.4 Å². The Kier molecular flexibility index (Phi) is 7.21. The number of aromatic amines is 1. The lowest BCUT2D eigenvalue weighted by molar-refractivity contribution is -0.121. The number of carbonyl (C=O) groups excluding carboxylic acids is 1. The van der Waals surface area contributed by atoms with Crippen LogP contribution in [0, 0.1) is 0 Å². The van der Waals surface area contributed by atoms with E-state index in [1.54, 1.807) is 0 Å². The van der Waals surface area contributed by atoms with Crippen molar-refractivity contribution >= 4 is 40.0 Å². The first-order chi connectivity index (χ1) is 15.1. The Morgan fingerprint density at radius 2 is 1.97 bits per heavy atom. The topological polar surface area (TPSA) is 48.1 Å². The lowest BCUT2D eigenvalue weighted by Gasteiger charge is -2.19. The summed E-state index contributed by atoms with van der Waals surface area (Å²) in [6.45, 7) is 6.02. The average molecular weight is 458 g/mol. The average Bonchev–Trinajstić information content (AvgIpc) is 3.44. The second-order valence-corrected chi connectivity index (χ2v) is 9.08. The first-order valence-electron chi connectivity index (χ1n) is 11.1. The Bertz CT molecular complexity index is 1060. The van der Waals surface area contributed by atoms with Crippen molar-refractivity contribution in [1.82, 2.24) is 15.2 Å². The van der Waals surface area contributed by atoms with Crippen LogP contribution in [0.4, 0.5) is 0 Å². The highest BCUT2D eigenvalue weighted by Gasteiger charge is 2.23. The van der Waals surface area contributed by atoms with Crippen LogP contribution >= 0.6 is 23.2 Å². The van der Waals surface area contributed by atoms with Gasteiger partial charge >= 0.3 is 0 Å². The highest BCUT2D eigenvalue weighted by atomic mass is 35.5. The number of likely N-dealkylation sites (tertiary alicyclic amines) is 1. The number of halogens is 2. The molecular weight excluding hydrogens is 429 g/mol. The fraction of sp³-hybridized carbons (Fsp3) is 0.400. The first kappa shape index (κ1) is 22.2. The smallest absolute Gasteiger partial charge is 0.220 e. The molecule has 2 aromatic carbocycles. The fourth-order valence-electron chi connectivity index (χ4n) is 4.58. The number of nitrogens with one attached hydrogen (secondary N) is 2. The van der Waals surface area contributed by atoms with Crippen LogP contribution in [0.5, 0.6) is 0 Å². The summed E-state index contributed by atoms with van der Waals surface area (Å²) in [6, 6.07) is 12.0. The summed E-state index contributed by atoms with van der Waals surface area (Å²) in [4.78, 5) is 18.8. The number of rotatable bonds is 8. The van der Waals surface area contributed by atoms with Crippen molar-refractivity contribution in [3.05, 3.63) is 69.3 Å². The third kappa shape index (κ3) is 5.08. The molecule has 1 amide bonds. The minimum Gasteiger partial charge on any atom is -0.361 e. The second kappa shape index (κ2) is 10.1. The summed E-state index contributed by atoms with van der Waals surface area (Å²) in [5.41, 5.74) is 4.51. The van der Waals surface area contributed by atoms with Crippen LogP contribution in [0.25, 0.3) is 10.9 Å². The molecular formula is C25H29Cl2N3O. The third-order valence-electron chi connectivity index (χ3n) is 6.27. The summed E-state index contributed by atoms with van der Waals surface area (Å²) in [6.07, 6.45) is 5.86. The monoisotopic (exact) mass is 457 g/mol. The molecule has 6 heteroatoms. The Labute approximate surface area is 193 Å². The zero-order valence-electron chi connectivity index (χ0n) is 17.9. The number of H-pyrrole nitrogens is 1. The van der Waals surface area contributed by atoms with Gasteiger partial charge in [0.15, 0.2) is 0 Å². The molecule has 0 spiro atoms. The molecule has 0 saturated carbocycles. The molecule has 1 unspecified atom stereocenters. The van der Waals surface area contributed by atoms with Gasteiger partial charge in [0.2, 0.25) is 5.91 Å². The maximum absolute atomic E-state index is 12.9. The number of carbonyl (C=O) groups is 1. The zero-order chi connectivity index (χ0) is 21.8. The summed E-state index contributed by atoms with van der Waals surface area (Å²) in [5.74, 6) is -0.0568. The van der Waals surface area contributed by atoms with Gasteiger partial charge in [0.1, 0.15) is 0 Å². The highest BCUT2D eigenvalue weighted by Crippen LogP contribution is 2.36. The molecule has 1 aliphatic heterocycles. The molecule has 2 N–H and O–H groups in total. The van der Waals surface area contributed by atoms with E-state index in [1.807, 2.05) is 24.4 Å². The normalized spacial score (nSPS) is 15.5. The first-order valence-corrected chi connectivity index (χ1v) is 11.8. The van der Waals surface area contributed by atoms with E-state index in [2.05, 4.69) is 40.3 Å². The van der Waals surface area contributed by atoms with E-state index in [4.69, 9.17) is 23.2 Å². The molecule has 0 radical (unpaired) electrons. The van der Waals surface area contributed by atoms with Gasteiger partial charge in [-0.25, -0.2) is 0 Å². The van der Waals surface area contributed by atoms with Crippen molar-refractivity contribution in [2.24, 2.45) is 0 Å². The maximum Gasteiger partial charge on any atom is 0.220 e. The van der Waals surface area contributed by atoms with E-state index in [0.717, 1.165) is 48.1 Å². The fourth-order valence-corrected chi connectivity index (χ4v) is 4.88. The van der Waals surface area contributed by atoms with Gasteiger partial charge in [-0.05, 0) is 61.2 Å². The molecule has 0 bridgehead atoms. The number of amides is 1. The molecule has 31 heavy (non-hydrogen) atoms. The standard InChI is InChI=1S/C25H29Cl2N3O/c1-2-17-6-5-7-19-21(16-29-25(17)19)20(18-8-9-22(26)23(27)14-18)15-24(31)28-10-13-30-11-3-4-12-30/h5-9,14,16,20,29H,2-4,10-13,15H2,1H3,(H,28,31). The maximum atomic E-state index is 12.9. The van der Waals surface area contributed by atoms with Gasteiger partial charge in [-0.2, -0.15) is 0 Å². The van der Waals surface area contributed by atoms with Gasteiger partial charge in [0.25, 0.3) is 0 Å². The van der Waals surface area contributed by atoms with Crippen molar-refractivity contribution in [2.75, 3.05) is 26.2 Å². The van der Waals surface area contributed by atoms with Gasteiger partial charge < -0.3 is 15.2 Å². The number of aryl methyl sites for hydroxylation is 1. The SMILES string of the molecule is CCc1cccc2c(C(CC(=O)NCCN3CCCC3)c3ccc(Cl)c(Cl)c3)c[nH]c12. The molecule has 3 aromatic rings. The van der Waals surface area contributed by atoms with Crippen molar-refractivity contribution in [2.45, 2.75) is 38.5 Å². The Hall–Kier alpha value is -2.01. The Morgan fingerprint density at radius 1 is 1.16 bits per heavy atom. The van der Waals surface area contributed by atoms with E-state index >= 15 is 0 Å². The molecule has 1 saturated heterocycles. The number of hydrogen-bond donors (Lipinski definition) is 2. The number of aromatic nitrogens is 1. The van der Waals surface area contributed by atoms with Crippen LogP contribution in [-0.2, 0) is 11.2 Å². The number of nitrogens with zero attached hydrogens (tertiary/aromatic N) is 1. The van der Waals surface area contributed by atoms with Crippen molar-refractivity contribution in [3.8, 4) is 0 Å². The number of benzene rings is 2. The molecule has 1 atom stereocenters. The van der Waals surface area contributed by atoms with Crippen LogP contribution < -0.4 is 5.32 Å². The molecule has 164 valence electrons. The van der Waals surface area contributed by atoms with Gasteiger partial charge in [-0.3, -0.25) is 4.79 Å². The van der Waals surface area contributed by atoms with Crippen molar-refractivity contribution in [1.29, 1.82) is 0 Å². The van der Waals surface area contributed by atoms with Gasteiger partial charge in [0, 0.05) is 42.5 Å². The summed E-state index contributed by atoms with van der Waals surface area (Å²) < 4.78 is 0. The van der Waals surface area contributed by atoms with Crippen molar-refractivity contribution in [3.63, 3.8) is 0 Å². The van der Waals surface area contributed by atoms with Gasteiger partial charge in [0.05, 0.1) is 10.0 Å². The summed E-state index contributed by atoms with van der Waals surface area (Å²) in [7, 11) is 0. The Morgan fingerprint density at radius 3 is 2.71 bits per heavy atom. The van der Waals surface area contributed by atoms with E-state index < -0.39 is 0 Å². The molecule has 0 aliphatic carbocycles. The molecule has 1 aromatic heterocycles. The molecule has 4 nitrogen and oxygen atoms in total. The largest absolute Gasteiger partial charge is 0.361 e. The van der Waals surface area contributed by atoms with Crippen LogP contribution in [0.2, 0.25) is 10.0 Å². The molecule has 1 aliphatic rings.